The molecule has 96 valence electrons. The molecule has 0 amide bonds. The van der Waals surface area contributed by atoms with Crippen molar-refractivity contribution in [2.45, 2.75) is 33.1 Å². The van der Waals surface area contributed by atoms with Gasteiger partial charge in [0.2, 0.25) is 0 Å². The Bertz CT molecular complexity index is 635. The molecule has 3 heteroatoms. The Morgan fingerprint density at radius 1 is 1.22 bits per heavy atom. The smallest absolute Gasteiger partial charge is 0.313 e. The van der Waals surface area contributed by atoms with Gasteiger partial charge in [-0.1, -0.05) is 12.1 Å². The Morgan fingerprint density at radius 2 is 1.78 bits per heavy atom. The third kappa shape index (κ3) is 1.62. The van der Waals surface area contributed by atoms with Gasteiger partial charge < -0.3 is 9.67 Å². The fraction of sp³-hybridized carbons (Fsp3) is 0.400. The number of hydrogen-bond donors (Lipinski definition) is 1. The van der Waals surface area contributed by atoms with Crippen molar-refractivity contribution in [3.05, 3.63) is 35.0 Å². The number of benzene rings is 1. The summed E-state index contributed by atoms with van der Waals surface area (Å²) in [6, 6.07) is 4.13. The molecule has 3 nitrogen and oxygen atoms in total. The first-order valence-electron chi connectivity index (χ1n) is 6.06. The highest BCUT2D eigenvalue weighted by atomic mass is 16.4. The van der Waals surface area contributed by atoms with Crippen molar-refractivity contribution < 1.29 is 9.90 Å². The molecule has 0 bridgehead atoms. The minimum Gasteiger partial charge on any atom is -0.481 e. The Morgan fingerprint density at radius 3 is 2.33 bits per heavy atom. The van der Waals surface area contributed by atoms with Crippen molar-refractivity contribution in [3.8, 4) is 0 Å². The molecule has 0 fully saturated rings. The first-order valence-corrected chi connectivity index (χ1v) is 6.06. The van der Waals surface area contributed by atoms with E-state index in [1.807, 2.05) is 24.7 Å². The molecule has 0 atom stereocenters. The molecule has 1 aromatic heterocycles. The van der Waals surface area contributed by atoms with Crippen molar-refractivity contribution in [3.63, 3.8) is 0 Å². The molecular formula is C15H19NO2. The number of aromatic nitrogens is 1. The number of aliphatic carboxylic acids is 1. The van der Waals surface area contributed by atoms with E-state index < -0.39 is 11.4 Å². The monoisotopic (exact) mass is 245 g/mol. The molecular weight excluding hydrogens is 226 g/mol. The molecule has 18 heavy (non-hydrogen) atoms. The fourth-order valence-corrected chi connectivity index (χ4v) is 2.50. The van der Waals surface area contributed by atoms with E-state index in [9.17, 15) is 9.90 Å². The molecule has 2 aromatic rings. The largest absolute Gasteiger partial charge is 0.481 e. The lowest BCUT2D eigenvalue weighted by atomic mass is 9.83. The number of carbonyl (C=O) groups is 1. The second-order valence-corrected chi connectivity index (χ2v) is 5.51. The molecule has 0 aliphatic heterocycles. The van der Waals surface area contributed by atoms with Crippen molar-refractivity contribution in [1.82, 2.24) is 4.57 Å². The number of fused-ring (bicyclic) bond motifs is 1. The van der Waals surface area contributed by atoms with Gasteiger partial charge in [-0.25, -0.2) is 0 Å². The lowest BCUT2D eigenvalue weighted by Gasteiger charge is -2.19. The SMILES string of the molecule is Cc1ccc(C)c2c1c(C(C)(C)C(=O)O)cn2C. The summed E-state index contributed by atoms with van der Waals surface area (Å²) in [6.07, 6.45) is 1.94. The van der Waals surface area contributed by atoms with E-state index in [2.05, 4.69) is 19.1 Å². The Labute approximate surface area is 107 Å². The molecule has 0 spiro atoms. The van der Waals surface area contributed by atoms with Crippen LogP contribution in [0.25, 0.3) is 10.9 Å². The summed E-state index contributed by atoms with van der Waals surface area (Å²) in [7, 11) is 1.97. The number of hydrogen-bond acceptors (Lipinski definition) is 1. The molecule has 0 aliphatic rings. The third-order valence-electron chi connectivity index (χ3n) is 3.74. The molecule has 0 saturated carbocycles. The Kier molecular flexibility index (Phi) is 2.73. The van der Waals surface area contributed by atoms with Gasteiger partial charge in [0, 0.05) is 18.6 Å². The second kappa shape index (κ2) is 3.87. The van der Waals surface area contributed by atoms with Crippen LogP contribution < -0.4 is 0 Å². The number of carboxylic acids is 1. The highest BCUT2D eigenvalue weighted by molar-refractivity contribution is 5.95. The van der Waals surface area contributed by atoms with Gasteiger partial charge in [0.05, 0.1) is 10.9 Å². The van der Waals surface area contributed by atoms with Gasteiger partial charge in [0.1, 0.15) is 0 Å². The number of carboxylic acid groups (broad SMARTS) is 1. The molecule has 2 rings (SSSR count). The van der Waals surface area contributed by atoms with Gasteiger partial charge in [-0.2, -0.15) is 0 Å². The van der Waals surface area contributed by atoms with Crippen LogP contribution in [0.3, 0.4) is 0 Å². The quantitative estimate of drug-likeness (QED) is 0.883. The van der Waals surface area contributed by atoms with Crippen molar-refractivity contribution >= 4 is 16.9 Å². The molecule has 1 N–H and O–H groups in total. The Hall–Kier alpha value is -1.77. The van der Waals surface area contributed by atoms with Crippen LogP contribution in [0.2, 0.25) is 0 Å². The normalized spacial score (nSPS) is 12.1. The van der Waals surface area contributed by atoms with Crippen LogP contribution in [0.15, 0.2) is 18.3 Å². The van der Waals surface area contributed by atoms with Gasteiger partial charge in [-0.3, -0.25) is 4.79 Å². The van der Waals surface area contributed by atoms with E-state index in [-0.39, 0.29) is 0 Å². The van der Waals surface area contributed by atoms with Crippen LogP contribution in [-0.2, 0) is 17.3 Å². The zero-order chi connectivity index (χ0) is 13.7. The minimum absolute atomic E-state index is 0.795. The van der Waals surface area contributed by atoms with Crippen molar-refractivity contribution in [2.75, 3.05) is 0 Å². The predicted octanol–water partition coefficient (Wildman–Crippen LogP) is 3.16. The third-order valence-corrected chi connectivity index (χ3v) is 3.74. The van der Waals surface area contributed by atoms with Crippen molar-refractivity contribution in [2.24, 2.45) is 7.05 Å². The highest BCUT2D eigenvalue weighted by Crippen LogP contribution is 2.35. The van der Waals surface area contributed by atoms with E-state index in [1.165, 1.54) is 5.56 Å². The lowest BCUT2D eigenvalue weighted by molar-refractivity contribution is -0.142. The predicted molar refractivity (Wildman–Crippen MR) is 73.1 cm³/mol. The number of aryl methyl sites for hydroxylation is 3. The maximum absolute atomic E-state index is 11.5. The van der Waals surface area contributed by atoms with Crippen LogP contribution in [0.4, 0.5) is 0 Å². The molecule has 0 aliphatic carbocycles. The summed E-state index contributed by atoms with van der Waals surface area (Å²) in [6.45, 7) is 7.60. The van der Waals surface area contributed by atoms with E-state index in [0.29, 0.717) is 0 Å². The number of rotatable bonds is 2. The van der Waals surface area contributed by atoms with Gasteiger partial charge in [0.25, 0.3) is 0 Å². The maximum atomic E-state index is 11.5. The summed E-state index contributed by atoms with van der Waals surface area (Å²) >= 11 is 0. The first-order chi connectivity index (χ1) is 8.26. The van der Waals surface area contributed by atoms with Crippen LogP contribution in [0.5, 0.6) is 0 Å². The summed E-state index contributed by atoms with van der Waals surface area (Å²) in [5.41, 5.74) is 3.43. The zero-order valence-corrected chi connectivity index (χ0v) is 11.5. The van der Waals surface area contributed by atoms with Gasteiger partial charge >= 0.3 is 5.97 Å². The van der Waals surface area contributed by atoms with Crippen LogP contribution >= 0.6 is 0 Å². The maximum Gasteiger partial charge on any atom is 0.313 e. The lowest BCUT2D eigenvalue weighted by Crippen LogP contribution is -2.28. The van der Waals surface area contributed by atoms with E-state index in [1.54, 1.807) is 13.8 Å². The van der Waals surface area contributed by atoms with E-state index in [0.717, 1.165) is 22.0 Å². The van der Waals surface area contributed by atoms with Gasteiger partial charge in [-0.15, -0.1) is 0 Å². The van der Waals surface area contributed by atoms with Crippen LogP contribution in [0.1, 0.15) is 30.5 Å². The standard InChI is InChI=1S/C15H19NO2/c1-9-6-7-10(2)13-12(9)11(8-16(13)5)15(3,4)14(17)18/h6-8H,1-5H3,(H,17,18). The van der Waals surface area contributed by atoms with E-state index in [4.69, 9.17) is 0 Å². The van der Waals surface area contributed by atoms with Gasteiger partial charge in [-0.05, 0) is 44.4 Å². The molecule has 0 saturated heterocycles. The van der Waals surface area contributed by atoms with E-state index >= 15 is 0 Å². The summed E-state index contributed by atoms with van der Waals surface area (Å²) in [4.78, 5) is 11.5. The zero-order valence-electron chi connectivity index (χ0n) is 11.5. The van der Waals surface area contributed by atoms with Crippen LogP contribution in [-0.4, -0.2) is 15.6 Å². The second-order valence-electron chi connectivity index (χ2n) is 5.51. The topological polar surface area (TPSA) is 42.2 Å². The average molecular weight is 245 g/mol. The highest BCUT2D eigenvalue weighted by Gasteiger charge is 2.33. The minimum atomic E-state index is -0.877. The van der Waals surface area contributed by atoms with Crippen molar-refractivity contribution in [1.29, 1.82) is 0 Å². The average Bonchev–Trinajstić information content (AvgIpc) is 2.63. The number of nitrogens with zero attached hydrogens (tertiary/aromatic N) is 1. The fourth-order valence-electron chi connectivity index (χ4n) is 2.50. The van der Waals surface area contributed by atoms with Gasteiger partial charge in [0.15, 0.2) is 0 Å². The summed E-state index contributed by atoms with van der Waals surface area (Å²) in [5.74, 6) is -0.795. The first kappa shape index (κ1) is 12.7. The summed E-state index contributed by atoms with van der Waals surface area (Å²) < 4.78 is 2.03. The summed E-state index contributed by atoms with van der Waals surface area (Å²) in [5, 5.41) is 10.5. The van der Waals surface area contributed by atoms with Crippen LogP contribution in [0, 0.1) is 13.8 Å². The molecule has 1 aromatic carbocycles. The molecule has 0 unspecified atom stereocenters. The Balaban J connectivity index is 2.90. The molecule has 1 heterocycles. The molecule has 0 radical (unpaired) electrons.